The number of hydrogen-bond acceptors (Lipinski definition) is 7. The summed E-state index contributed by atoms with van der Waals surface area (Å²) >= 11 is 5.79. The molecule has 3 heterocycles. The highest BCUT2D eigenvalue weighted by atomic mass is 35.5. The number of halogens is 1. The number of hydrogen-bond donors (Lipinski definition) is 1. The largest absolute Gasteiger partial charge is 0.755 e. The number of thiophene rings is 1. The third-order valence-corrected chi connectivity index (χ3v) is 6.45. The van der Waals surface area contributed by atoms with Crippen LogP contribution in [0.4, 0.5) is 15.8 Å². The highest BCUT2D eigenvalue weighted by Gasteiger charge is 2.16. The summed E-state index contributed by atoms with van der Waals surface area (Å²) in [5, 5.41) is 3.53. The maximum Gasteiger partial charge on any atom is 0.293 e. The van der Waals surface area contributed by atoms with E-state index in [4.69, 9.17) is 16.0 Å². The number of nitrogens with zero attached hydrogens (tertiary/aromatic N) is 2. The lowest BCUT2D eigenvalue weighted by molar-refractivity contribution is 0.0996. The molecule has 0 bridgehead atoms. The molecule has 4 rings (SSSR count). The standard InChI is InChI=1S/C16H10ClN3O4S3/c17-13-5-6-14(26-13)20(27(22)23)9-3-4-10-12(8-9)25-16(18-10)19-15(21)11-2-1-7-24-11/h1-8H,(H,22,23)(H,18,19,21)/p-1. The second-order valence-electron chi connectivity index (χ2n) is 5.19. The number of aromatic nitrogens is 1. The predicted molar refractivity (Wildman–Crippen MR) is 107 cm³/mol. The molecule has 11 heteroatoms. The Hall–Kier alpha value is -2.24. The zero-order valence-corrected chi connectivity index (χ0v) is 16.5. The first kappa shape index (κ1) is 18.1. The summed E-state index contributed by atoms with van der Waals surface area (Å²) in [5.74, 6) is -0.229. The van der Waals surface area contributed by atoms with E-state index < -0.39 is 17.2 Å². The molecule has 1 unspecified atom stereocenters. The summed E-state index contributed by atoms with van der Waals surface area (Å²) < 4.78 is 30.9. The third kappa shape index (κ3) is 3.75. The minimum absolute atomic E-state index is 0.178. The lowest BCUT2D eigenvalue weighted by Gasteiger charge is -2.24. The van der Waals surface area contributed by atoms with E-state index in [2.05, 4.69) is 10.3 Å². The molecule has 1 N–H and O–H groups in total. The molecule has 138 valence electrons. The molecule has 1 atom stereocenters. The van der Waals surface area contributed by atoms with Gasteiger partial charge in [0.05, 0.1) is 37.8 Å². The summed E-state index contributed by atoms with van der Waals surface area (Å²) in [6.45, 7) is 0. The van der Waals surface area contributed by atoms with Gasteiger partial charge in [-0.15, -0.1) is 11.3 Å². The molecule has 4 aromatic rings. The molecule has 1 aromatic carbocycles. The van der Waals surface area contributed by atoms with Gasteiger partial charge in [0.2, 0.25) is 0 Å². The van der Waals surface area contributed by atoms with Gasteiger partial charge < -0.3 is 8.97 Å². The molecule has 3 aromatic heterocycles. The van der Waals surface area contributed by atoms with Crippen LogP contribution in [0.3, 0.4) is 0 Å². The molecule has 7 nitrogen and oxygen atoms in total. The third-order valence-electron chi connectivity index (χ3n) is 3.48. The highest BCUT2D eigenvalue weighted by Crippen LogP contribution is 2.37. The van der Waals surface area contributed by atoms with Crippen LogP contribution in [0.1, 0.15) is 10.6 Å². The summed E-state index contributed by atoms with van der Waals surface area (Å²) in [6.07, 6.45) is 1.41. The molecule has 0 fully saturated rings. The number of anilines is 3. The zero-order chi connectivity index (χ0) is 19.0. The highest BCUT2D eigenvalue weighted by molar-refractivity contribution is 7.81. The van der Waals surface area contributed by atoms with Crippen molar-refractivity contribution in [1.82, 2.24) is 4.98 Å². The van der Waals surface area contributed by atoms with E-state index in [1.165, 1.54) is 17.6 Å². The second-order valence-corrected chi connectivity index (χ2v) is 8.72. The van der Waals surface area contributed by atoms with Crippen LogP contribution in [0.2, 0.25) is 4.34 Å². The topological polar surface area (TPSA) is 98.5 Å². The summed E-state index contributed by atoms with van der Waals surface area (Å²) in [6, 6.07) is 11.5. The van der Waals surface area contributed by atoms with Gasteiger partial charge in [0, 0.05) is 0 Å². The number of benzene rings is 1. The van der Waals surface area contributed by atoms with Crippen LogP contribution in [0.25, 0.3) is 10.2 Å². The molecule has 0 aliphatic carbocycles. The van der Waals surface area contributed by atoms with Gasteiger partial charge in [-0.25, -0.2) is 4.98 Å². The number of furan rings is 1. The van der Waals surface area contributed by atoms with Crippen LogP contribution in [0.15, 0.2) is 53.1 Å². The molecule has 0 aliphatic rings. The van der Waals surface area contributed by atoms with Crippen LogP contribution in [0.5, 0.6) is 0 Å². The van der Waals surface area contributed by atoms with Crippen molar-refractivity contribution in [2.75, 3.05) is 9.62 Å². The Kier molecular flexibility index (Phi) is 4.98. The number of fused-ring (bicyclic) bond motifs is 1. The number of nitrogens with one attached hydrogen (secondary N) is 1. The zero-order valence-electron chi connectivity index (χ0n) is 13.2. The van der Waals surface area contributed by atoms with Crippen molar-refractivity contribution < 1.29 is 18.0 Å². The molecule has 0 aliphatic heterocycles. The smallest absolute Gasteiger partial charge is 0.293 e. The van der Waals surface area contributed by atoms with Gasteiger partial charge in [0.25, 0.3) is 5.91 Å². The van der Waals surface area contributed by atoms with Crippen LogP contribution in [-0.2, 0) is 11.3 Å². The molecular formula is C16H9ClN3O4S3-. The quantitative estimate of drug-likeness (QED) is 0.452. The SMILES string of the molecule is O=C(Nc1nc2ccc(N(c3ccc(Cl)s3)S(=O)[O-])cc2s1)c1ccco1. The van der Waals surface area contributed by atoms with E-state index >= 15 is 0 Å². The fraction of sp³-hybridized carbons (Fsp3) is 0. The van der Waals surface area contributed by atoms with Crippen LogP contribution in [-0.4, -0.2) is 19.7 Å². The van der Waals surface area contributed by atoms with Crippen molar-refractivity contribution in [3.05, 3.63) is 58.8 Å². The second kappa shape index (κ2) is 7.41. The Bertz CT molecular complexity index is 1140. The van der Waals surface area contributed by atoms with Crippen molar-refractivity contribution in [2.24, 2.45) is 0 Å². The van der Waals surface area contributed by atoms with E-state index in [1.54, 1.807) is 42.5 Å². The molecule has 0 radical (unpaired) electrons. The maximum absolute atomic E-state index is 12.1. The summed E-state index contributed by atoms with van der Waals surface area (Å²) in [5.41, 5.74) is 1.08. The Morgan fingerprint density at radius 2 is 2.11 bits per heavy atom. The lowest BCUT2D eigenvalue weighted by atomic mass is 10.3. The van der Waals surface area contributed by atoms with Crippen LogP contribution < -0.4 is 9.62 Å². The Balaban J connectivity index is 1.65. The summed E-state index contributed by atoms with van der Waals surface area (Å²) in [4.78, 5) is 16.4. The maximum atomic E-state index is 12.1. The van der Waals surface area contributed by atoms with E-state index in [9.17, 15) is 13.6 Å². The molecule has 1 amide bonds. The fourth-order valence-electron chi connectivity index (χ4n) is 2.36. The van der Waals surface area contributed by atoms with Crippen LogP contribution in [0, 0.1) is 0 Å². The first-order chi connectivity index (χ1) is 13.0. The van der Waals surface area contributed by atoms with Gasteiger partial charge in [-0.2, -0.15) is 0 Å². The monoisotopic (exact) mass is 438 g/mol. The normalized spacial score (nSPS) is 12.2. The number of amides is 1. The molecule has 27 heavy (non-hydrogen) atoms. The minimum Gasteiger partial charge on any atom is -0.755 e. The van der Waals surface area contributed by atoms with Crippen molar-refractivity contribution in [1.29, 1.82) is 0 Å². The van der Waals surface area contributed by atoms with Crippen molar-refractivity contribution in [2.45, 2.75) is 0 Å². The van der Waals surface area contributed by atoms with Crippen LogP contribution >= 0.6 is 34.3 Å². The number of thiazole rings is 1. The van der Waals surface area contributed by atoms with Gasteiger partial charge in [0.1, 0.15) is 5.00 Å². The number of carbonyl (C=O) groups excluding carboxylic acids is 1. The van der Waals surface area contributed by atoms with E-state index in [1.807, 2.05) is 0 Å². The predicted octanol–water partition coefficient (Wildman–Crippen LogP) is 4.79. The Morgan fingerprint density at radius 1 is 1.26 bits per heavy atom. The van der Waals surface area contributed by atoms with E-state index in [0.29, 0.717) is 25.7 Å². The van der Waals surface area contributed by atoms with Crippen molar-refractivity contribution in [3.8, 4) is 0 Å². The first-order valence-corrected chi connectivity index (χ1v) is 10.5. The molecular weight excluding hydrogens is 430 g/mol. The number of carbonyl (C=O) groups is 1. The van der Waals surface area contributed by atoms with Gasteiger partial charge >= 0.3 is 0 Å². The van der Waals surface area contributed by atoms with E-state index in [-0.39, 0.29) is 5.76 Å². The average Bonchev–Trinajstić information content (AvgIpc) is 3.35. The van der Waals surface area contributed by atoms with Gasteiger partial charge in [0.15, 0.2) is 10.9 Å². The Morgan fingerprint density at radius 3 is 2.78 bits per heavy atom. The number of rotatable bonds is 5. The minimum atomic E-state index is -2.52. The van der Waals surface area contributed by atoms with Crippen molar-refractivity contribution >= 4 is 77.5 Å². The van der Waals surface area contributed by atoms with Gasteiger partial charge in [-0.05, 0) is 42.5 Å². The molecule has 0 saturated carbocycles. The lowest BCUT2D eigenvalue weighted by Crippen LogP contribution is -2.18. The molecule has 0 saturated heterocycles. The Labute approximate surface area is 168 Å². The average molecular weight is 439 g/mol. The fourth-order valence-corrected chi connectivity index (χ4v) is 5.00. The first-order valence-electron chi connectivity index (χ1n) is 7.41. The van der Waals surface area contributed by atoms with Crippen molar-refractivity contribution in [3.63, 3.8) is 0 Å². The van der Waals surface area contributed by atoms with Gasteiger partial charge in [-0.1, -0.05) is 22.9 Å². The summed E-state index contributed by atoms with van der Waals surface area (Å²) in [7, 11) is 0. The molecule has 0 spiro atoms. The van der Waals surface area contributed by atoms with Gasteiger partial charge in [-0.3, -0.25) is 18.6 Å². The van der Waals surface area contributed by atoms with E-state index in [0.717, 1.165) is 20.3 Å².